The lowest BCUT2D eigenvalue weighted by Crippen LogP contribution is -2.33. The van der Waals surface area contributed by atoms with E-state index >= 15 is 0 Å². The summed E-state index contributed by atoms with van der Waals surface area (Å²) in [6.45, 7) is -0.288. The Morgan fingerprint density at radius 3 is 2.75 bits per heavy atom. The Hall–Kier alpha value is -2.54. The lowest BCUT2D eigenvalue weighted by molar-refractivity contribution is -0.116. The monoisotopic (exact) mass is 294 g/mol. The molecule has 1 aromatic carbocycles. The molecule has 7 nitrogen and oxygen atoms in total. The van der Waals surface area contributed by atoms with Crippen LogP contribution in [0.2, 0.25) is 5.02 Å². The fourth-order valence-electron chi connectivity index (χ4n) is 1.56. The molecule has 0 aliphatic carbocycles. The molecule has 1 amide bonds. The van der Waals surface area contributed by atoms with Crippen molar-refractivity contribution in [1.29, 1.82) is 0 Å². The zero-order valence-corrected chi connectivity index (χ0v) is 11.0. The van der Waals surface area contributed by atoms with Crippen LogP contribution in [0.5, 0.6) is 0 Å². The molecule has 0 unspecified atom stereocenters. The smallest absolute Gasteiger partial charge is 0.328 e. The molecule has 104 valence electrons. The topological polar surface area (TPSA) is 110 Å². The van der Waals surface area contributed by atoms with Gasteiger partial charge in [0.2, 0.25) is 5.91 Å². The highest BCUT2D eigenvalue weighted by atomic mass is 35.5. The van der Waals surface area contributed by atoms with E-state index in [0.717, 1.165) is 10.8 Å². The number of benzene rings is 1. The normalized spacial score (nSPS) is 10.2. The van der Waals surface area contributed by atoms with E-state index in [1.54, 1.807) is 24.3 Å². The van der Waals surface area contributed by atoms with E-state index in [1.165, 1.54) is 0 Å². The third kappa shape index (κ3) is 3.07. The number of hydrogen-bond donors (Lipinski definition) is 3. The number of nitrogen functional groups attached to an aromatic ring is 1. The number of nitrogens with one attached hydrogen (secondary N) is 2. The number of nitrogens with two attached hydrogens (primary N) is 1. The Bertz CT molecular complexity index is 766. The number of H-pyrrole nitrogens is 1. The number of rotatable bonds is 3. The average molecular weight is 295 g/mol. The van der Waals surface area contributed by atoms with E-state index in [4.69, 9.17) is 17.3 Å². The lowest BCUT2D eigenvalue weighted by Gasteiger charge is -2.09. The van der Waals surface area contributed by atoms with E-state index in [-0.39, 0.29) is 11.6 Å². The van der Waals surface area contributed by atoms with Crippen molar-refractivity contribution in [3.63, 3.8) is 0 Å². The zero-order valence-electron chi connectivity index (χ0n) is 10.2. The van der Waals surface area contributed by atoms with Crippen molar-refractivity contribution in [3.8, 4) is 0 Å². The van der Waals surface area contributed by atoms with E-state index < -0.39 is 17.2 Å². The van der Waals surface area contributed by atoms with E-state index in [1.807, 2.05) is 4.98 Å². The number of halogens is 1. The van der Waals surface area contributed by atoms with Crippen LogP contribution in [-0.4, -0.2) is 15.5 Å². The zero-order chi connectivity index (χ0) is 14.7. The number of para-hydroxylation sites is 2. The molecule has 0 fully saturated rings. The number of aromatic nitrogens is 2. The standard InChI is InChI=1S/C12H11ClN4O3/c13-7-5-17(12(20)16-11(7)19)6-10(18)15-9-4-2-1-3-8(9)14/h1-5H,6,14H2,(H,15,18)(H,16,19,20). The lowest BCUT2D eigenvalue weighted by atomic mass is 10.2. The Morgan fingerprint density at radius 1 is 1.35 bits per heavy atom. The van der Waals surface area contributed by atoms with Crippen LogP contribution in [0.4, 0.5) is 11.4 Å². The number of nitrogens with zero attached hydrogens (tertiary/aromatic N) is 1. The Labute approximate surface area is 118 Å². The molecule has 0 atom stereocenters. The molecular weight excluding hydrogens is 284 g/mol. The number of amides is 1. The minimum atomic E-state index is -0.712. The van der Waals surface area contributed by atoms with Crippen molar-refractivity contribution < 1.29 is 4.79 Å². The predicted octanol–water partition coefficient (Wildman–Crippen LogP) is 0.411. The summed E-state index contributed by atoms with van der Waals surface area (Å²) < 4.78 is 0.998. The highest BCUT2D eigenvalue weighted by Gasteiger charge is 2.08. The average Bonchev–Trinajstić information content (AvgIpc) is 2.39. The number of anilines is 2. The molecule has 0 aliphatic heterocycles. The second-order valence-corrected chi connectivity index (χ2v) is 4.41. The summed E-state index contributed by atoms with van der Waals surface area (Å²) in [5.41, 5.74) is 5.13. The molecule has 2 aromatic rings. The SMILES string of the molecule is Nc1ccccc1NC(=O)Cn1cc(Cl)c(=O)[nH]c1=O. The first-order chi connectivity index (χ1) is 9.47. The number of carbonyl (C=O) groups is 1. The van der Waals surface area contributed by atoms with Gasteiger partial charge in [-0.2, -0.15) is 0 Å². The minimum Gasteiger partial charge on any atom is -0.397 e. The summed E-state index contributed by atoms with van der Waals surface area (Å²) in [5, 5.41) is 2.39. The van der Waals surface area contributed by atoms with Crippen LogP contribution >= 0.6 is 11.6 Å². The van der Waals surface area contributed by atoms with Crippen molar-refractivity contribution in [3.05, 3.63) is 56.3 Å². The van der Waals surface area contributed by atoms with Crippen molar-refractivity contribution in [2.75, 3.05) is 11.1 Å². The van der Waals surface area contributed by atoms with Crippen molar-refractivity contribution in [1.82, 2.24) is 9.55 Å². The third-order valence-electron chi connectivity index (χ3n) is 2.52. The number of hydrogen-bond acceptors (Lipinski definition) is 4. The van der Waals surface area contributed by atoms with Gasteiger partial charge in [0.15, 0.2) is 0 Å². The molecule has 0 aliphatic rings. The molecule has 0 radical (unpaired) electrons. The maximum absolute atomic E-state index is 11.8. The highest BCUT2D eigenvalue weighted by Crippen LogP contribution is 2.16. The summed E-state index contributed by atoms with van der Waals surface area (Å²) >= 11 is 5.60. The van der Waals surface area contributed by atoms with Crippen molar-refractivity contribution in [2.24, 2.45) is 0 Å². The molecule has 1 heterocycles. The molecule has 2 rings (SSSR count). The first kappa shape index (κ1) is 13.9. The Balaban J connectivity index is 2.17. The van der Waals surface area contributed by atoms with Crippen LogP contribution < -0.4 is 22.3 Å². The summed E-state index contributed by atoms with van der Waals surface area (Å²) in [5.74, 6) is -0.465. The van der Waals surface area contributed by atoms with E-state index in [2.05, 4.69) is 5.32 Å². The van der Waals surface area contributed by atoms with Crippen molar-refractivity contribution in [2.45, 2.75) is 6.54 Å². The van der Waals surface area contributed by atoms with Gasteiger partial charge in [-0.1, -0.05) is 23.7 Å². The molecular formula is C12H11ClN4O3. The maximum Gasteiger partial charge on any atom is 0.328 e. The molecule has 8 heteroatoms. The van der Waals surface area contributed by atoms with Crippen LogP contribution in [-0.2, 0) is 11.3 Å². The third-order valence-corrected chi connectivity index (χ3v) is 2.79. The first-order valence-electron chi connectivity index (χ1n) is 5.61. The molecule has 4 N–H and O–H groups in total. The van der Waals surface area contributed by atoms with Gasteiger partial charge in [0.25, 0.3) is 5.56 Å². The van der Waals surface area contributed by atoms with Gasteiger partial charge in [-0.05, 0) is 12.1 Å². The fourth-order valence-corrected chi connectivity index (χ4v) is 1.72. The summed E-state index contributed by atoms with van der Waals surface area (Å²) in [6.07, 6.45) is 1.11. The molecule has 0 saturated carbocycles. The van der Waals surface area contributed by atoms with Gasteiger partial charge < -0.3 is 11.1 Å². The van der Waals surface area contributed by atoms with Gasteiger partial charge in [-0.3, -0.25) is 19.1 Å². The van der Waals surface area contributed by atoms with Gasteiger partial charge in [0, 0.05) is 6.20 Å². The largest absolute Gasteiger partial charge is 0.397 e. The van der Waals surface area contributed by atoms with E-state index in [9.17, 15) is 14.4 Å². The van der Waals surface area contributed by atoms with Gasteiger partial charge in [0.05, 0.1) is 11.4 Å². The molecule has 0 spiro atoms. The summed E-state index contributed by atoms with van der Waals surface area (Å²) in [7, 11) is 0. The Kier molecular flexibility index (Phi) is 3.90. The number of aromatic amines is 1. The second kappa shape index (κ2) is 5.62. The quantitative estimate of drug-likeness (QED) is 0.712. The predicted molar refractivity (Wildman–Crippen MR) is 75.8 cm³/mol. The number of carbonyl (C=O) groups excluding carboxylic acids is 1. The van der Waals surface area contributed by atoms with Crippen LogP contribution in [0.3, 0.4) is 0 Å². The fraction of sp³-hybridized carbons (Fsp3) is 0.0833. The summed E-state index contributed by atoms with van der Waals surface area (Å²) in [4.78, 5) is 36.4. The first-order valence-corrected chi connectivity index (χ1v) is 5.99. The van der Waals surface area contributed by atoms with Gasteiger partial charge in [-0.25, -0.2) is 4.79 Å². The van der Waals surface area contributed by atoms with Crippen LogP contribution in [0.15, 0.2) is 40.1 Å². The Morgan fingerprint density at radius 2 is 2.05 bits per heavy atom. The maximum atomic E-state index is 11.8. The minimum absolute atomic E-state index is 0.170. The summed E-state index contributed by atoms with van der Waals surface area (Å²) in [6, 6.07) is 6.72. The van der Waals surface area contributed by atoms with Crippen LogP contribution in [0.25, 0.3) is 0 Å². The van der Waals surface area contributed by atoms with Crippen molar-refractivity contribution >= 4 is 28.9 Å². The van der Waals surface area contributed by atoms with Crippen LogP contribution in [0.1, 0.15) is 0 Å². The molecule has 0 saturated heterocycles. The highest BCUT2D eigenvalue weighted by molar-refractivity contribution is 6.30. The molecule has 1 aromatic heterocycles. The molecule has 20 heavy (non-hydrogen) atoms. The second-order valence-electron chi connectivity index (χ2n) is 4.00. The molecule has 0 bridgehead atoms. The van der Waals surface area contributed by atoms with Gasteiger partial charge in [-0.15, -0.1) is 0 Å². The van der Waals surface area contributed by atoms with Gasteiger partial charge >= 0.3 is 5.69 Å². The van der Waals surface area contributed by atoms with Crippen LogP contribution in [0, 0.1) is 0 Å². The van der Waals surface area contributed by atoms with Gasteiger partial charge in [0.1, 0.15) is 11.6 Å². The van der Waals surface area contributed by atoms with E-state index in [0.29, 0.717) is 11.4 Å².